The SMILES string of the molecule is CC(=O)NCCNCc1ccc(N(C)C)c(OC(C)C)c1. The molecule has 21 heavy (non-hydrogen) atoms. The first-order chi connectivity index (χ1) is 9.90. The van der Waals surface area contributed by atoms with Crippen molar-refractivity contribution in [2.24, 2.45) is 0 Å². The third-order valence-corrected chi connectivity index (χ3v) is 2.87. The quantitative estimate of drug-likeness (QED) is 0.717. The highest BCUT2D eigenvalue weighted by molar-refractivity contribution is 5.72. The second kappa shape index (κ2) is 8.52. The maximum atomic E-state index is 10.8. The normalized spacial score (nSPS) is 10.6. The van der Waals surface area contributed by atoms with Crippen molar-refractivity contribution in [1.82, 2.24) is 10.6 Å². The standard InChI is InChI=1S/C16H27N3O2/c1-12(2)21-16-10-14(6-7-15(16)19(4)5)11-17-8-9-18-13(3)20/h6-7,10,12,17H,8-9,11H2,1-5H3,(H,18,20). The number of benzene rings is 1. The predicted molar refractivity (Wildman–Crippen MR) is 86.9 cm³/mol. The Morgan fingerprint density at radius 1 is 1.29 bits per heavy atom. The average Bonchev–Trinajstić information content (AvgIpc) is 2.37. The molecule has 0 saturated carbocycles. The Morgan fingerprint density at radius 3 is 2.57 bits per heavy atom. The maximum absolute atomic E-state index is 10.8. The van der Waals surface area contributed by atoms with Crippen LogP contribution in [0.4, 0.5) is 5.69 Å². The van der Waals surface area contributed by atoms with Gasteiger partial charge in [0.15, 0.2) is 0 Å². The molecule has 5 nitrogen and oxygen atoms in total. The molecule has 2 N–H and O–H groups in total. The van der Waals surface area contributed by atoms with Crippen molar-refractivity contribution >= 4 is 11.6 Å². The van der Waals surface area contributed by atoms with Crippen molar-refractivity contribution in [3.8, 4) is 5.75 Å². The Bertz CT molecular complexity index is 459. The molecule has 0 atom stereocenters. The molecule has 0 aliphatic rings. The number of nitrogens with zero attached hydrogens (tertiary/aromatic N) is 1. The number of anilines is 1. The van der Waals surface area contributed by atoms with Crippen molar-refractivity contribution in [2.45, 2.75) is 33.4 Å². The lowest BCUT2D eigenvalue weighted by atomic mass is 10.1. The summed E-state index contributed by atoms with van der Waals surface area (Å²) in [6.07, 6.45) is 0.145. The van der Waals surface area contributed by atoms with E-state index in [9.17, 15) is 4.79 Å². The van der Waals surface area contributed by atoms with E-state index in [0.29, 0.717) is 6.54 Å². The van der Waals surface area contributed by atoms with Gasteiger partial charge in [-0.25, -0.2) is 0 Å². The van der Waals surface area contributed by atoms with E-state index in [0.717, 1.165) is 24.5 Å². The minimum absolute atomic E-state index is 0.000226. The molecule has 0 aromatic heterocycles. The highest BCUT2D eigenvalue weighted by atomic mass is 16.5. The van der Waals surface area contributed by atoms with Gasteiger partial charge >= 0.3 is 0 Å². The van der Waals surface area contributed by atoms with Crippen LogP contribution in [0.3, 0.4) is 0 Å². The lowest BCUT2D eigenvalue weighted by Gasteiger charge is -2.20. The highest BCUT2D eigenvalue weighted by Gasteiger charge is 2.08. The first-order valence-corrected chi connectivity index (χ1v) is 7.32. The van der Waals surface area contributed by atoms with Gasteiger partial charge in [-0.15, -0.1) is 0 Å². The molecule has 5 heteroatoms. The maximum Gasteiger partial charge on any atom is 0.216 e. The molecular formula is C16H27N3O2. The van der Waals surface area contributed by atoms with Gasteiger partial charge in [0.25, 0.3) is 0 Å². The van der Waals surface area contributed by atoms with Gasteiger partial charge in [-0.2, -0.15) is 0 Å². The molecule has 0 radical (unpaired) electrons. The summed E-state index contributed by atoms with van der Waals surface area (Å²) in [7, 11) is 4.02. The molecule has 0 aliphatic heterocycles. The van der Waals surface area contributed by atoms with Crippen molar-refractivity contribution < 1.29 is 9.53 Å². The second-order valence-electron chi connectivity index (χ2n) is 5.52. The summed E-state index contributed by atoms with van der Waals surface area (Å²) in [6, 6.07) is 6.23. The minimum Gasteiger partial charge on any atom is -0.489 e. The van der Waals surface area contributed by atoms with Gasteiger partial charge in [0, 0.05) is 40.7 Å². The van der Waals surface area contributed by atoms with E-state index in [-0.39, 0.29) is 12.0 Å². The van der Waals surface area contributed by atoms with Crippen LogP contribution in [0.5, 0.6) is 5.75 Å². The van der Waals surface area contributed by atoms with Crippen LogP contribution in [0.25, 0.3) is 0 Å². The number of carbonyl (C=O) groups excluding carboxylic acids is 1. The van der Waals surface area contributed by atoms with Crippen LogP contribution < -0.4 is 20.3 Å². The number of rotatable bonds is 8. The van der Waals surface area contributed by atoms with Crippen LogP contribution in [-0.4, -0.2) is 39.2 Å². The summed E-state index contributed by atoms with van der Waals surface area (Å²) in [5.41, 5.74) is 2.24. The molecule has 0 spiro atoms. The third-order valence-electron chi connectivity index (χ3n) is 2.87. The second-order valence-corrected chi connectivity index (χ2v) is 5.52. The van der Waals surface area contributed by atoms with Gasteiger partial charge in [-0.05, 0) is 31.5 Å². The number of amides is 1. The fraction of sp³-hybridized carbons (Fsp3) is 0.562. The number of hydrogen-bond acceptors (Lipinski definition) is 4. The van der Waals surface area contributed by atoms with Crippen molar-refractivity contribution in [3.63, 3.8) is 0 Å². The molecule has 0 aliphatic carbocycles. The van der Waals surface area contributed by atoms with Crippen LogP contribution in [0.1, 0.15) is 26.3 Å². The smallest absolute Gasteiger partial charge is 0.216 e. The average molecular weight is 293 g/mol. The van der Waals surface area contributed by atoms with Crippen molar-refractivity contribution in [2.75, 3.05) is 32.1 Å². The van der Waals surface area contributed by atoms with E-state index in [1.54, 1.807) is 0 Å². The van der Waals surface area contributed by atoms with E-state index in [1.165, 1.54) is 12.5 Å². The number of nitrogens with one attached hydrogen (secondary N) is 2. The van der Waals surface area contributed by atoms with Gasteiger partial charge < -0.3 is 20.3 Å². The molecular weight excluding hydrogens is 266 g/mol. The first kappa shape index (κ1) is 17.3. The zero-order chi connectivity index (χ0) is 15.8. The van der Waals surface area contributed by atoms with E-state index in [1.807, 2.05) is 32.8 Å². The minimum atomic E-state index is -0.000226. The van der Waals surface area contributed by atoms with Gasteiger partial charge in [0.2, 0.25) is 5.91 Å². The molecule has 1 aromatic carbocycles. The monoisotopic (exact) mass is 293 g/mol. The summed E-state index contributed by atoms with van der Waals surface area (Å²) in [6.45, 7) is 7.71. The zero-order valence-corrected chi connectivity index (χ0v) is 13.7. The molecule has 1 rings (SSSR count). The summed E-state index contributed by atoms with van der Waals surface area (Å²) >= 11 is 0. The fourth-order valence-electron chi connectivity index (χ4n) is 1.95. The van der Waals surface area contributed by atoms with Gasteiger partial charge in [0.05, 0.1) is 11.8 Å². The number of ether oxygens (including phenoxy) is 1. The van der Waals surface area contributed by atoms with E-state index in [4.69, 9.17) is 4.74 Å². The highest BCUT2D eigenvalue weighted by Crippen LogP contribution is 2.29. The van der Waals surface area contributed by atoms with Crippen LogP contribution in [0, 0.1) is 0 Å². The summed E-state index contributed by atoms with van der Waals surface area (Å²) < 4.78 is 5.88. The van der Waals surface area contributed by atoms with Gasteiger partial charge in [-0.3, -0.25) is 4.79 Å². The Balaban J connectivity index is 2.60. The third kappa shape index (κ3) is 6.49. The Labute approximate surface area is 127 Å². The van der Waals surface area contributed by atoms with Crippen LogP contribution in [0.2, 0.25) is 0 Å². The summed E-state index contributed by atoms with van der Waals surface area (Å²) in [4.78, 5) is 12.8. The Morgan fingerprint density at radius 2 is 2.00 bits per heavy atom. The lowest BCUT2D eigenvalue weighted by molar-refractivity contribution is -0.118. The molecule has 0 saturated heterocycles. The van der Waals surface area contributed by atoms with Crippen LogP contribution in [-0.2, 0) is 11.3 Å². The van der Waals surface area contributed by atoms with E-state index in [2.05, 4.69) is 28.8 Å². The largest absolute Gasteiger partial charge is 0.489 e. The van der Waals surface area contributed by atoms with E-state index >= 15 is 0 Å². The Hall–Kier alpha value is -1.75. The summed E-state index contributed by atoms with van der Waals surface area (Å²) in [5.74, 6) is 0.899. The molecule has 118 valence electrons. The lowest BCUT2D eigenvalue weighted by Crippen LogP contribution is -2.29. The Kier molecular flexibility index (Phi) is 7.02. The van der Waals surface area contributed by atoms with E-state index < -0.39 is 0 Å². The molecule has 0 fully saturated rings. The molecule has 0 bridgehead atoms. The van der Waals surface area contributed by atoms with Crippen molar-refractivity contribution in [3.05, 3.63) is 23.8 Å². The topological polar surface area (TPSA) is 53.6 Å². The van der Waals surface area contributed by atoms with Crippen LogP contribution >= 0.6 is 0 Å². The van der Waals surface area contributed by atoms with Crippen LogP contribution in [0.15, 0.2) is 18.2 Å². The molecule has 1 amide bonds. The molecule has 1 aromatic rings. The number of carbonyl (C=O) groups is 1. The van der Waals surface area contributed by atoms with Crippen molar-refractivity contribution in [1.29, 1.82) is 0 Å². The predicted octanol–water partition coefficient (Wildman–Crippen LogP) is 1.77. The summed E-state index contributed by atoms with van der Waals surface area (Å²) in [5, 5.41) is 6.06. The van der Waals surface area contributed by atoms with Gasteiger partial charge in [-0.1, -0.05) is 6.07 Å². The fourth-order valence-corrected chi connectivity index (χ4v) is 1.95. The number of hydrogen-bond donors (Lipinski definition) is 2. The first-order valence-electron chi connectivity index (χ1n) is 7.32. The molecule has 0 heterocycles. The molecule has 0 unspecified atom stereocenters. The zero-order valence-electron chi connectivity index (χ0n) is 13.7. The van der Waals surface area contributed by atoms with Gasteiger partial charge in [0.1, 0.15) is 5.75 Å².